The summed E-state index contributed by atoms with van der Waals surface area (Å²) in [5.41, 5.74) is 7.72. The molecule has 8 heterocycles. The predicted molar refractivity (Wildman–Crippen MR) is 469 cm³/mol. The lowest BCUT2D eigenvalue weighted by Gasteiger charge is -2.21. The van der Waals surface area contributed by atoms with Crippen LogP contribution in [0.3, 0.4) is 0 Å². The molecule has 15 aromatic rings. The van der Waals surface area contributed by atoms with Gasteiger partial charge in [0.1, 0.15) is 27.7 Å². The fourth-order valence-electron chi connectivity index (χ4n) is 13.6. The number of rotatable bonds is 20. The molecule has 7 aromatic carbocycles. The summed E-state index contributed by atoms with van der Waals surface area (Å²) in [5.74, 6) is -0.821. The third kappa shape index (κ3) is 19.5. The van der Waals surface area contributed by atoms with Crippen LogP contribution in [0.5, 0.6) is 5.75 Å². The van der Waals surface area contributed by atoms with Gasteiger partial charge in [-0.15, -0.1) is 0 Å². The molecule has 0 radical (unpaired) electrons. The largest absolute Gasteiger partial charge is 0.491 e. The van der Waals surface area contributed by atoms with Crippen LogP contribution in [-0.2, 0) is 25.6 Å². The molecule has 3 amide bonds. The minimum Gasteiger partial charge on any atom is -0.491 e. The van der Waals surface area contributed by atoms with Gasteiger partial charge in [-0.2, -0.15) is 0 Å². The van der Waals surface area contributed by atoms with E-state index < -0.39 is 55.7 Å². The molecule has 0 saturated carbocycles. The number of para-hydroxylation sites is 3. The second kappa shape index (κ2) is 36.5. The van der Waals surface area contributed by atoms with Gasteiger partial charge in [-0.05, 0) is 186 Å². The van der Waals surface area contributed by atoms with Crippen LogP contribution in [0.2, 0.25) is 15.1 Å². The molecular weight excluding hydrogens is 1640 g/mol. The Labute approximate surface area is 710 Å². The molecule has 612 valence electrons. The average molecular weight is 1720 g/mol. The van der Waals surface area contributed by atoms with Gasteiger partial charge >= 0.3 is 0 Å². The SMILES string of the molecule is Cc1ncc(-c2ccc(OC(C)C)cc2)nc1C(=O)N[C@@H](C)c1cc2cccc(Cl)c2c(=O)n1-c1ccccc1.Cc1ncc(-c2cncc(CS(C)(=O)=O)c2)nc1C(=O)N[C@@H](C)c1cc2cccc(Cl)c2c(=O)n1-c1ccccc1.Cc1ncc(-c2cncc(S(N)(=O)=O)c2)nc1C(=O)N[C@@H](C)c1cc2cccc(Cl)c2c(=O)n1-c1ccccc1. The Hall–Kier alpha value is -13.4. The van der Waals surface area contributed by atoms with Crippen molar-refractivity contribution in [2.75, 3.05) is 6.26 Å². The van der Waals surface area contributed by atoms with Crippen LogP contribution in [0.25, 0.3) is 83.2 Å². The third-order valence-electron chi connectivity index (χ3n) is 19.4. The van der Waals surface area contributed by atoms with Crippen molar-refractivity contribution in [2.24, 2.45) is 5.14 Å². The van der Waals surface area contributed by atoms with Crippen LogP contribution < -0.4 is 42.5 Å². The molecular formula is C90H78Cl3N15O11S2. The molecule has 31 heteroatoms. The van der Waals surface area contributed by atoms with E-state index in [9.17, 15) is 45.6 Å². The monoisotopic (exact) mass is 1710 g/mol. The number of hydrogen-bond acceptors (Lipinski definition) is 19. The summed E-state index contributed by atoms with van der Waals surface area (Å²) in [6.45, 7) is 14.4. The Balaban J connectivity index is 0.000000157. The van der Waals surface area contributed by atoms with Crippen molar-refractivity contribution in [3.63, 3.8) is 0 Å². The summed E-state index contributed by atoms with van der Waals surface area (Å²) in [7, 11) is -7.25. The number of carbonyl (C=O) groups excluding carboxylic acids is 3. The average Bonchev–Trinajstić information content (AvgIpc) is 0.765. The molecule has 121 heavy (non-hydrogen) atoms. The second-order valence-corrected chi connectivity index (χ2v) is 33.6. The number of hydrogen-bond donors (Lipinski definition) is 4. The minimum absolute atomic E-state index is 0.0304. The number of primary sulfonamides is 1. The summed E-state index contributed by atoms with van der Waals surface area (Å²) in [6.07, 6.45) is 11.3. The summed E-state index contributed by atoms with van der Waals surface area (Å²) in [6, 6.07) is 57.5. The molecule has 0 unspecified atom stereocenters. The Bertz CT molecular complexity index is 6970. The number of aryl methyl sites for hydroxylation is 3. The van der Waals surface area contributed by atoms with Gasteiger partial charge in [0.05, 0.1) is 114 Å². The van der Waals surface area contributed by atoms with Crippen molar-refractivity contribution in [3.8, 4) is 56.6 Å². The van der Waals surface area contributed by atoms with E-state index in [1.54, 1.807) is 117 Å². The highest BCUT2D eigenvalue weighted by Gasteiger charge is 2.27. The number of benzene rings is 7. The Morgan fingerprint density at radius 2 is 0.760 bits per heavy atom. The maximum atomic E-state index is 13.7. The molecule has 0 saturated heterocycles. The number of amides is 3. The van der Waals surface area contributed by atoms with Crippen molar-refractivity contribution < 1.29 is 36.0 Å². The van der Waals surface area contributed by atoms with Crippen molar-refractivity contribution in [1.82, 2.24) is 69.5 Å². The molecule has 5 N–H and O–H groups in total. The van der Waals surface area contributed by atoms with Crippen LogP contribution >= 0.6 is 34.8 Å². The minimum atomic E-state index is -3.99. The first-order valence-corrected chi connectivity index (χ1v) is 42.5. The maximum Gasteiger partial charge on any atom is 0.272 e. The highest BCUT2D eigenvalue weighted by molar-refractivity contribution is 7.90. The van der Waals surface area contributed by atoms with E-state index in [1.807, 2.05) is 148 Å². The van der Waals surface area contributed by atoms with Crippen LogP contribution in [0, 0.1) is 20.8 Å². The molecule has 8 aromatic heterocycles. The summed E-state index contributed by atoms with van der Waals surface area (Å²) < 4.78 is 57.4. The zero-order valence-electron chi connectivity index (χ0n) is 66.5. The lowest BCUT2D eigenvalue weighted by molar-refractivity contribution is 0.0924. The van der Waals surface area contributed by atoms with Crippen molar-refractivity contribution in [2.45, 2.75) is 90.3 Å². The van der Waals surface area contributed by atoms with Gasteiger partial charge in [-0.1, -0.05) is 126 Å². The molecule has 0 aliphatic carbocycles. The van der Waals surface area contributed by atoms with Gasteiger partial charge in [0, 0.05) is 81.9 Å². The first kappa shape index (κ1) is 85.5. The zero-order valence-corrected chi connectivity index (χ0v) is 70.4. The van der Waals surface area contributed by atoms with E-state index in [0.29, 0.717) is 127 Å². The van der Waals surface area contributed by atoms with Crippen molar-refractivity contribution >= 4 is 105 Å². The molecule has 3 atom stereocenters. The van der Waals surface area contributed by atoms with E-state index in [4.69, 9.17) is 44.7 Å². The lowest BCUT2D eigenvalue weighted by atomic mass is 10.1. The number of aromatic nitrogens is 11. The van der Waals surface area contributed by atoms with Crippen molar-refractivity contribution in [1.29, 1.82) is 0 Å². The van der Waals surface area contributed by atoms with Crippen LogP contribution in [0.4, 0.5) is 0 Å². The van der Waals surface area contributed by atoms with E-state index >= 15 is 0 Å². The standard InChI is InChI=1S/C32H29ClN4O3.C30H26ClN5O4S.C28H23ClN6O4S/c1-19(2)40-25-15-13-22(14-16-25)27-18-34-21(4)30(36-27)31(38)35-20(3)28-17-23-9-8-12-26(33)29(23)32(39)37(28)24-10-6-5-7-11-24;1-18(26-13-21-8-7-11-24(31)27(21)30(38)36(26)23-9-5-4-6-10-23)34-29(37)28-19(2)33-16-25(35-28)22-12-20(14-32-15-22)17-41(3,39)40;1-16(24-12-18-7-6-10-22(29)25(18)28(37)35(24)20-8-4-3-5-9-20)33-27(36)26-17(2)32-15-23(34-26)19-11-21(14-31-13-19)40(30,38)39/h5-20H,1-4H3,(H,35,38);4-16,18H,17H2,1-3H3,(H,34,37);3-16H,1-2H3,(H,33,36)(H2,30,38,39)/t20-;18-;16-/m000/s1. The topological polar surface area (TPSA) is 360 Å². The number of nitrogens with one attached hydrogen (secondary N) is 3. The van der Waals surface area contributed by atoms with Gasteiger partial charge in [0.15, 0.2) is 9.84 Å². The lowest BCUT2D eigenvalue weighted by Crippen LogP contribution is -2.33. The summed E-state index contributed by atoms with van der Waals surface area (Å²) >= 11 is 19.2. The van der Waals surface area contributed by atoms with E-state index in [1.165, 1.54) is 41.6 Å². The van der Waals surface area contributed by atoms with E-state index in [2.05, 4.69) is 55.8 Å². The molecule has 0 spiro atoms. The first-order chi connectivity index (χ1) is 57.8. The number of halogens is 3. The third-order valence-corrected chi connectivity index (χ3v) is 22.1. The number of ether oxygens (including phenoxy) is 1. The number of nitrogens with two attached hydrogens (primary N) is 1. The van der Waals surface area contributed by atoms with Gasteiger partial charge in [-0.3, -0.25) is 67.4 Å². The van der Waals surface area contributed by atoms with Crippen LogP contribution in [0.1, 0.15) is 124 Å². The first-order valence-electron chi connectivity index (χ1n) is 37.8. The Morgan fingerprint density at radius 3 is 1.10 bits per heavy atom. The predicted octanol–water partition coefficient (Wildman–Crippen LogP) is 15.5. The fourth-order valence-corrected chi connectivity index (χ4v) is 15.7. The molecule has 0 bridgehead atoms. The van der Waals surface area contributed by atoms with Gasteiger partial charge in [-0.25, -0.2) is 36.9 Å². The summed E-state index contributed by atoms with van der Waals surface area (Å²) in [4.78, 5) is 116. The molecule has 0 fully saturated rings. The van der Waals surface area contributed by atoms with Crippen molar-refractivity contribution in [3.05, 3.63) is 347 Å². The maximum absolute atomic E-state index is 13.7. The van der Waals surface area contributed by atoms with Crippen LogP contribution in [0.15, 0.2) is 263 Å². The fraction of sp³-hybridized carbons (Fsp3) is 0.156. The number of fused-ring (bicyclic) bond motifs is 3. The Morgan fingerprint density at radius 1 is 0.421 bits per heavy atom. The molecule has 0 aliphatic rings. The molecule has 0 aliphatic heterocycles. The Kier molecular flexibility index (Phi) is 25.8. The summed E-state index contributed by atoms with van der Waals surface area (Å²) in [5, 5.41) is 18.4. The molecule has 15 rings (SSSR count). The quantitative estimate of drug-likeness (QED) is 0.0550. The van der Waals surface area contributed by atoms with E-state index in [0.717, 1.165) is 23.8 Å². The number of sulfone groups is 1. The van der Waals surface area contributed by atoms with Gasteiger partial charge in [0.25, 0.3) is 34.4 Å². The highest BCUT2D eigenvalue weighted by Crippen LogP contribution is 2.32. The van der Waals surface area contributed by atoms with Crippen LogP contribution in [-0.4, -0.2) is 100 Å². The highest BCUT2D eigenvalue weighted by atomic mass is 35.5. The number of pyridine rings is 5. The van der Waals surface area contributed by atoms with Gasteiger partial charge < -0.3 is 20.7 Å². The smallest absolute Gasteiger partial charge is 0.272 e. The normalized spacial score (nSPS) is 12.2. The molecule has 26 nitrogen and oxygen atoms in total. The number of nitrogens with zero attached hydrogens (tertiary/aromatic N) is 11. The van der Waals surface area contributed by atoms with E-state index in [-0.39, 0.29) is 56.2 Å². The second-order valence-electron chi connectivity index (χ2n) is 28.7. The van der Waals surface area contributed by atoms with Gasteiger partial charge in [0.2, 0.25) is 10.0 Å². The number of sulfonamides is 1. The zero-order chi connectivity index (χ0) is 86.3. The number of carbonyl (C=O) groups is 3.